The predicted octanol–water partition coefficient (Wildman–Crippen LogP) is 4.56. The molecule has 0 aliphatic heterocycles. The average Bonchev–Trinajstić information content (AvgIpc) is 2.76. The molecule has 0 radical (unpaired) electrons. The maximum absolute atomic E-state index is 4.33. The third kappa shape index (κ3) is 3.03. The summed E-state index contributed by atoms with van der Waals surface area (Å²) in [6.45, 7) is 0. The van der Waals surface area contributed by atoms with Crippen LogP contribution in [-0.2, 0) is 0 Å². The second-order valence-corrected chi connectivity index (χ2v) is 7.25. The molecule has 1 aliphatic carbocycles. The van der Waals surface area contributed by atoms with E-state index in [2.05, 4.69) is 30.5 Å². The van der Waals surface area contributed by atoms with Gasteiger partial charge in [-0.05, 0) is 30.4 Å². The molecule has 0 spiro atoms. The number of nitrogens with zero attached hydrogens (tertiary/aromatic N) is 3. The number of hydrogen-bond acceptors (Lipinski definition) is 3. The summed E-state index contributed by atoms with van der Waals surface area (Å²) >= 11 is 5.62. The van der Waals surface area contributed by atoms with Gasteiger partial charge in [0, 0.05) is 17.3 Å². The van der Waals surface area contributed by atoms with E-state index in [1.54, 1.807) is 0 Å². The van der Waals surface area contributed by atoms with Crippen molar-refractivity contribution in [2.24, 2.45) is 5.41 Å². The Morgan fingerprint density at radius 3 is 2.70 bits per heavy atom. The third-order valence-corrected chi connectivity index (χ3v) is 6.72. The highest BCUT2D eigenvalue weighted by atomic mass is 79.9. The van der Waals surface area contributed by atoms with Crippen LogP contribution in [0.5, 0.6) is 0 Å². The van der Waals surface area contributed by atoms with Crippen LogP contribution in [0.15, 0.2) is 29.6 Å². The second kappa shape index (κ2) is 6.48. The Morgan fingerprint density at radius 2 is 1.95 bits per heavy atom. The number of halogens is 1. The molecule has 20 heavy (non-hydrogen) atoms. The van der Waals surface area contributed by atoms with Crippen LogP contribution in [-0.4, -0.2) is 25.7 Å². The van der Waals surface area contributed by atoms with Crippen molar-refractivity contribution < 1.29 is 0 Å². The van der Waals surface area contributed by atoms with Gasteiger partial charge in [0.1, 0.15) is 0 Å². The minimum Gasteiger partial charge on any atom is -0.277 e. The number of thioether (sulfide) groups is 1. The van der Waals surface area contributed by atoms with Gasteiger partial charge in [-0.1, -0.05) is 59.4 Å². The Kier molecular flexibility index (Phi) is 4.66. The molecule has 0 atom stereocenters. The van der Waals surface area contributed by atoms with Crippen LogP contribution in [0.3, 0.4) is 0 Å². The topological polar surface area (TPSA) is 30.2 Å². The maximum Gasteiger partial charge on any atom is 0.195 e. The fraction of sp³-hybridized carbons (Fsp3) is 0.600. The molecule has 0 aromatic carbocycles. The molecular weight excluding hydrogens is 334 g/mol. The van der Waals surface area contributed by atoms with Crippen LogP contribution >= 0.6 is 27.7 Å². The van der Waals surface area contributed by atoms with Crippen molar-refractivity contribution in [3.8, 4) is 0 Å². The zero-order chi connectivity index (χ0) is 13.8. The molecule has 0 saturated heterocycles. The van der Waals surface area contributed by atoms with Gasteiger partial charge in [-0.2, -0.15) is 0 Å². The first-order valence-electron chi connectivity index (χ1n) is 7.32. The van der Waals surface area contributed by atoms with Crippen LogP contribution in [0.4, 0.5) is 0 Å². The first kappa shape index (κ1) is 14.4. The van der Waals surface area contributed by atoms with Gasteiger partial charge in [0.15, 0.2) is 10.8 Å². The molecule has 2 heterocycles. The number of rotatable bonds is 4. The highest BCUT2D eigenvalue weighted by molar-refractivity contribution is 9.09. The molecule has 2 aromatic rings. The molecule has 5 heteroatoms. The average molecular weight is 354 g/mol. The highest BCUT2D eigenvalue weighted by Gasteiger charge is 2.30. The van der Waals surface area contributed by atoms with Gasteiger partial charge in [0.25, 0.3) is 0 Å². The summed E-state index contributed by atoms with van der Waals surface area (Å²) in [7, 11) is 0. The Morgan fingerprint density at radius 1 is 1.15 bits per heavy atom. The SMILES string of the molecule is BrCC1(CSc2nnc3ccccn23)CCCCCC1. The number of aromatic nitrogens is 3. The molecule has 3 nitrogen and oxygen atoms in total. The van der Waals surface area contributed by atoms with Crippen molar-refractivity contribution in [1.29, 1.82) is 0 Å². The summed E-state index contributed by atoms with van der Waals surface area (Å²) in [5.74, 6) is 1.13. The largest absolute Gasteiger partial charge is 0.277 e. The third-order valence-electron chi connectivity index (χ3n) is 4.24. The molecule has 1 saturated carbocycles. The van der Waals surface area contributed by atoms with E-state index >= 15 is 0 Å². The number of alkyl halides is 1. The summed E-state index contributed by atoms with van der Waals surface area (Å²) < 4.78 is 2.09. The van der Waals surface area contributed by atoms with Gasteiger partial charge in [-0.15, -0.1) is 10.2 Å². The van der Waals surface area contributed by atoms with E-state index in [4.69, 9.17) is 0 Å². The number of hydrogen-bond donors (Lipinski definition) is 0. The molecule has 0 N–H and O–H groups in total. The molecule has 0 amide bonds. The van der Waals surface area contributed by atoms with Gasteiger partial charge >= 0.3 is 0 Å². The van der Waals surface area contributed by atoms with Crippen LogP contribution in [0.1, 0.15) is 38.5 Å². The molecule has 0 unspecified atom stereocenters. The van der Waals surface area contributed by atoms with E-state index in [1.807, 2.05) is 36.2 Å². The molecule has 1 fully saturated rings. The normalized spacial score (nSPS) is 19.1. The lowest BCUT2D eigenvalue weighted by Crippen LogP contribution is -2.25. The second-order valence-electron chi connectivity index (χ2n) is 5.75. The Bertz CT molecular complexity index is 561. The predicted molar refractivity (Wildman–Crippen MR) is 87.6 cm³/mol. The number of pyridine rings is 1. The van der Waals surface area contributed by atoms with Crippen molar-refractivity contribution in [3.63, 3.8) is 0 Å². The number of fused-ring (bicyclic) bond motifs is 1. The fourth-order valence-electron chi connectivity index (χ4n) is 2.93. The van der Waals surface area contributed by atoms with E-state index in [-0.39, 0.29) is 0 Å². The lowest BCUT2D eigenvalue weighted by atomic mass is 9.85. The molecule has 3 rings (SSSR count). The van der Waals surface area contributed by atoms with Gasteiger partial charge < -0.3 is 0 Å². The van der Waals surface area contributed by atoms with Crippen LogP contribution in [0, 0.1) is 5.41 Å². The smallest absolute Gasteiger partial charge is 0.195 e. The Hall–Kier alpha value is -0.550. The van der Waals surface area contributed by atoms with E-state index in [0.29, 0.717) is 5.41 Å². The lowest BCUT2D eigenvalue weighted by molar-refractivity contribution is 0.334. The van der Waals surface area contributed by atoms with Gasteiger partial charge in [0.05, 0.1) is 0 Å². The lowest BCUT2D eigenvalue weighted by Gasteiger charge is -2.30. The summed E-state index contributed by atoms with van der Waals surface area (Å²) in [6, 6.07) is 6.04. The van der Waals surface area contributed by atoms with Gasteiger partial charge in [-0.25, -0.2) is 0 Å². The Balaban J connectivity index is 1.74. The zero-order valence-corrected chi connectivity index (χ0v) is 14.0. The minimum atomic E-state index is 0.432. The van der Waals surface area contributed by atoms with E-state index in [1.165, 1.54) is 38.5 Å². The van der Waals surface area contributed by atoms with Crippen LogP contribution in [0.2, 0.25) is 0 Å². The van der Waals surface area contributed by atoms with Gasteiger partial charge in [0.2, 0.25) is 0 Å². The quantitative estimate of drug-likeness (QED) is 0.458. The monoisotopic (exact) mass is 353 g/mol. The van der Waals surface area contributed by atoms with E-state index in [9.17, 15) is 0 Å². The Labute approximate surface area is 132 Å². The van der Waals surface area contributed by atoms with E-state index in [0.717, 1.165) is 21.9 Å². The summed E-state index contributed by atoms with van der Waals surface area (Å²) in [5.41, 5.74) is 1.37. The summed E-state index contributed by atoms with van der Waals surface area (Å²) in [4.78, 5) is 0. The zero-order valence-electron chi connectivity index (χ0n) is 11.6. The molecule has 2 aromatic heterocycles. The summed E-state index contributed by atoms with van der Waals surface area (Å²) in [6.07, 6.45) is 10.2. The fourth-order valence-corrected chi connectivity index (χ4v) is 5.17. The van der Waals surface area contributed by atoms with Crippen molar-refractivity contribution in [2.75, 3.05) is 11.1 Å². The van der Waals surface area contributed by atoms with Crippen molar-refractivity contribution in [3.05, 3.63) is 24.4 Å². The summed E-state index contributed by atoms with van der Waals surface area (Å²) in [5, 5.41) is 10.7. The maximum atomic E-state index is 4.33. The van der Waals surface area contributed by atoms with Crippen molar-refractivity contribution in [2.45, 2.75) is 43.7 Å². The molecule has 1 aliphatic rings. The first-order valence-corrected chi connectivity index (χ1v) is 9.42. The van der Waals surface area contributed by atoms with Crippen LogP contribution in [0.25, 0.3) is 5.65 Å². The molecule has 108 valence electrons. The van der Waals surface area contributed by atoms with Crippen LogP contribution < -0.4 is 0 Å². The standard InChI is InChI=1S/C15H20BrN3S/c16-11-15(8-4-1-2-5-9-15)12-20-14-18-17-13-7-3-6-10-19(13)14/h3,6-7,10H,1-2,4-5,8-9,11-12H2. The first-order chi connectivity index (χ1) is 9.83. The minimum absolute atomic E-state index is 0.432. The van der Waals surface area contributed by atoms with Crippen molar-refractivity contribution in [1.82, 2.24) is 14.6 Å². The highest BCUT2D eigenvalue weighted by Crippen LogP contribution is 2.40. The van der Waals surface area contributed by atoms with Gasteiger partial charge in [-0.3, -0.25) is 4.40 Å². The molecule has 0 bridgehead atoms. The molecular formula is C15H20BrN3S. The van der Waals surface area contributed by atoms with Crippen molar-refractivity contribution >= 4 is 33.3 Å². The van der Waals surface area contributed by atoms with E-state index < -0.39 is 0 Å².